The fourth-order valence-corrected chi connectivity index (χ4v) is 5.03. The molecule has 5 heteroatoms. The lowest BCUT2D eigenvalue weighted by atomic mass is 9.80. The Morgan fingerprint density at radius 3 is 2.50 bits per heavy atom. The van der Waals surface area contributed by atoms with E-state index < -0.39 is 5.60 Å². The van der Waals surface area contributed by atoms with Gasteiger partial charge in [-0.3, -0.25) is 0 Å². The van der Waals surface area contributed by atoms with E-state index in [1.54, 1.807) is 19.6 Å². The first-order valence-corrected chi connectivity index (χ1v) is 12.4. The number of ether oxygens (including phenoxy) is 1. The van der Waals surface area contributed by atoms with Gasteiger partial charge in [-0.2, -0.15) is 0 Å². The van der Waals surface area contributed by atoms with Gasteiger partial charge in [-0.15, -0.1) is 0 Å². The predicted octanol–water partition coefficient (Wildman–Crippen LogP) is 6.62. The normalized spacial score (nSPS) is 13.4. The molecule has 184 valence electrons. The number of furan rings is 1. The summed E-state index contributed by atoms with van der Waals surface area (Å²) >= 11 is 0. The van der Waals surface area contributed by atoms with Crippen LogP contribution in [0.15, 0.2) is 89.7 Å². The van der Waals surface area contributed by atoms with Crippen LogP contribution in [0.2, 0.25) is 0 Å². The molecule has 1 N–H and O–H groups in total. The zero-order valence-electron chi connectivity index (χ0n) is 21.1. The van der Waals surface area contributed by atoms with Crippen molar-refractivity contribution in [3.8, 4) is 17.0 Å². The molecule has 5 nitrogen and oxygen atoms in total. The predicted molar refractivity (Wildman–Crippen MR) is 145 cm³/mol. The van der Waals surface area contributed by atoms with Crippen molar-refractivity contribution in [2.45, 2.75) is 24.9 Å². The summed E-state index contributed by atoms with van der Waals surface area (Å²) in [7, 11) is 5.77. The van der Waals surface area contributed by atoms with E-state index in [-0.39, 0.29) is 0 Å². The van der Waals surface area contributed by atoms with E-state index in [1.807, 2.05) is 48.5 Å². The molecule has 0 aliphatic carbocycles. The van der Waals surface area contributed by atoms with Crippen molar-refractivity contribution in [2.75, 3.05) is 27.7 Å². The average molecular weight is 481 g/mol. The van der Waals surface area contributed by atoms with Crippen molar-refractivity contribution in [3.63, 3.8) is 0 Å². The van der Waals surface area contributed by atoms with Crippen LogP contribution in [0.5, 0.6) is 5.88 Å². The second kappa shape index (κ2) is 10.1. The maximum Gasteiger partial charge on any atom is 0.220 e. The highest BCUT2D eigenvalue weighted by Gasteiger charge is 2.36. The second-order valence-electron chi connectivity index (χ2n) is 9.61. The van der Waals surface area contributed by atoms with Crippen LogP contribution in [-0.4, -0.2) is 42.7 Å². The lowest BCUT2D eigenvalue weighted by molar-refractivity contribution is 0.0658. The van der Waals surface area contributed by atoms with Crippen LogP contribution in [0.3, 0.4) is 0 Å². The van der Waals surface area contributed by atoms with Gasteiger partial charge in [0.25, 0.3) is 0 Å². The minimum absolute atomic E-state index is 0.446. The fraction of sp³-hybridized carbons (Fsp3) is 0.258. The molecule has 0 aliphatic rings. The zero-order valence-corrected chi connectivity index (χ0v) is 21.1. The molecule has 1 unspecified atom stereocenters. The monoisotopic (exact) mass is 480 g/mol. The summed E-state index contributed by atoms with van der Waals surface area (Å²) in [5.41, 5.74) is 3.14. The van der Waals surface area contributed by atoms with E-state index in [9.17, 15) is 5.11 Å². The Hall–Kier alpha value is -3.67. The highest BCUT2D eigenvalue weighted by molar-refractivity contribution is 5.89. The Bertz CT molecular complexity index is 1470. The summed E-state index contributed by atoms with van der Waals surface area (Å²) in [6.07, 6.45) is 5.79. The van der Waals surface area contributed by atoms with Crippen molar-refractivity contribution in [1.29, 1.82) is 0 Å². The molecule has 1 atom stereocenters. The van der Waals surface area contributed by atoms with Crippen LogP contribution in [0.4, 0.5) is 0 Å². The SMILES string of the molecule is COc1nc2ccc(-c3ccoc3)cc2cc1C(O)(CCCCN(C)C)c1cccc2ccccc12. The summed E-state index contributed by atoms with van der Waals surface area (Å²) in [6, 6.07) is 24.4. The minimum Gasteiger partial charge on any atom is -0.481 e. The molecule has 2 heterocycles. The van der Waals surface area contributed by atoms with Crippen LogP contribution < -0.4 is 4.74 Å². The van der Waals surface area contributed by atoms with E-state index in [4.69, 9.17) is 14.1 Å². The molecule has 0 amide bonds. The van der Waals surface area contributed by atoms with Crippen LogP contribution in [0.25, 0.3) is 32.8 Å². The van der Waals surface area contributed by atoms with Gasteiger partial charge in [0.2, 0.25) is 5.88 Å². The van der Waals surface area contributed by atoms with Gasteiger partial charge in [-0.25, -0.2) is 4.98 Å². The lowest BCUT2D eigenvalue weighted by Crippen LogP contribution is -2.29. The first-order valence-electron chi connectivity index (χ1n) is 12.4. The van der Waals surface area contributed by atoms with Gasteiger partial charge in [-0.05, 0) is 86.1 Å². The van der Waals surface area contributed by atoms with Gasteiger partial charge in [0, 0.05) is 10.9 Å². The molecule has 0 saturated carbocycles. The molecule has 0 fully saturated rings. The number of unbranched alkanes of at least 4 members (excludes halogenated alkanes) is 1. The van der Waals surface area contributed by atoms with Crippen LogP contribution in [-0.2, 0) is 5.60 Å². The molecular weight excluding hydrogens is 448 g/mol. The quantitative estimate of drug-likeness (QED) is 0.240. The van der Waals surface area contributed by atoms with E-state index in [0.717, 1.165) is 57.8 Å². The van der Waals surface area contributed by atoms with Crippen LogP contribution in [0, 0.1) is 0 Å². The van der Waals surface area contributed by atoms with Crippen LogP contribution in [0.1, 0.15) is 30.4 Å². The number of rotatable bonds is 9. The molecule has 3 aromatic carbocycles. The third kappa shape index (κ3) is 4.60. The van der Waals surface area contributed by atoms with Crippen molar-refractivity contribution in [3.05, 3.63) is 96.4 Å². The molecule has 0 spiro atoms. The lowest BCUT2D eigenvalue weighted by Gasteiger charge is -2.32. The Kier molecular flexibility index (Phi) is 6.77. The van der Waals surface area contributed by atoms with Crippen molar-refractivity contribution in [1.82, 2.24) is 9.88 Å². The van der Waals surface area contributed by atoms with Crippen molar-refractivity contribution >= 4 is 21.7 Å². The summed E-state index contributed by atoms with van der Waals surface area (Å²) in [4.78, 5) is 7.00. The number of aromatic nitrogens is 1. The van der Waals surface area contributed by atoms with Gasteiger partial charge >= 0.3 is 0 Å². The zero-order chi connectivity index (χ0) is 25.1. The third-order valence-electron chi connectivity index (χ3n) is 6.90. The van der Waals surface area contributed by atoms with Crippen LogP contribution >= 0.6 is 0 Å². The maximum atomic E-state index is 12.6. The fourth-order valence-electron chi connectivity index (χ4n) is 5.03. The molecule has 0 aliphatic heterocycles. The topological polar surface area (TPSA) is 58.7 Å². The molecule has 0 saturated heterocycles. The highest BCUT2D eigenvalue weighted by Crippen LogP contribution is 2.43. The Morgan fingerprint density at radius 1 is 0.889 bits per heavy atom. The van der Waals surface area contributed by atoms with Crippen molar-refractivity contribution in [2.24, 2.45) is 0 Å². The maximum absolute atomic E-state index is 12.6. The summed E-state index contributed by atoms with van der Waals surface area (Å²) in [6.45, 7) is 0.965. The largest absolute Gasteiger partial charge is 0.481 e. The van der Waals surface area contributed by atoms with Gasteiger partial charge < -0.3 is 19.2 Å². The first-order chi connectivity index (χ1) is 17.5. The molecule has 5 rings (SSSR count). The van der Waals surface area contributed by atoms with E-state index in [2.05, 4.69) is 43.3 Å². The summed E-state index contributed by atoms with van der Waals surface area (Å²) in [5.74, 6) is 0.446. The number of benzene rings is 3. The van der Waals surface area contributed by atoms with Gasteiger partial charge in [0.05, 0.1) is 30.7 Å². The molecule has 36 heavy (non-hydrogen) atoms. The van der Waals surface area contributed by atoms with Gasteiger partial charge in [-0.1, -0.05) is 48.5 Å². The van der Waals surface area contributed by atoms with E-state index >= 15 is 0 Å². The molecule has 0 bridgehead atoms. The van der Waals surface area contributed by atoms with E-state index in [0.29, 0.717) is 17.9 Å². The first kappa shape index (κ1) is 24.0. The third-order valence-corrected chi connectivity index (χ3v) is 6.90. The number of fused-ring (bicyclic) bond motifs is 2. The smallest absolute Gasteiger partial charge is 0.220 e. The molecule has 5 aromatic rings. The standard InChI is InChI=1S/C31H32N2O3/c1-33(2)17-7-6-16-31(34,27-12-8-10-22-9-4-5-11-26(22)27)28-20-25-19-23(24-15-18-36-21-24)13-14-29(25)32-30(28)35-3/h4-5,8-15,18-21,34H,6-7,16-17H2,1-3H3. The average Bonchev–Trinajstić information content (AvgIpc) is 3.44. The Labute approximate surface area is 212 Å². The molecular formula is C31H32N2O3. The van der Waals surface area contributed by atoms with Gasteiger partial charge in [0.15, 0.2) is 0 Å². The van der Waals surface area contributed by atoms with Crippen molar-refractivity contribution < 1.29 is 14.3 Å². The molecule has 2 aromatic heterocycles. The van der Waals surface area contributed by atoms with Gasteiger partial charge in [0.1, 0.15) is 5.60 Å². The number of aliphatic hydroxyl groups is 1. The second-order valence-corrected chi connectivity index (χ2v) is 9.61. The minimum atomic E-state index is -1.27. The number of hydrogen-bond donors (Lipinski definition) is 1. The number of hydrogen-bond acceptors (Lipinski definition) is 5. The Morgan fingerprint density at radius 2 is 1.72 bits per heavy atom. The highest BCUT2D eigenvalue weighted by atomic mass is 16.5. The summed E-state index contributed by atoms with van der Waals surface area (Å²) < 4.78 is 11.1. The Balaban J connectivity index is 1.69. The number of nitrogens with zero attached hydrogens (tertiary/aromatic N) is 2. The summed E-state index contributed by atoms with van der Waals surface area (Å²) in [5, 5.41) is 15.7. The number of methoxy groups -OCH3 is 1. The van der Waals surface area contributed by atoms with E-state index in [1.165, 1.54) is 0 Å². The molecule has 0 radical (unpaired) electrons. The number of pyridine rings is 1.